The van der Waals surface area contributed by atoms with Crippen molar-refractivity contribution in [3.05, 3.63) is 64.1 Å². The molecular weight excluding hydrogens is 368 g/mol. The fourth-order valence-electron chi connectivity index (χ4n) is 3.05. The summed E-state index contributed by atoms with van der Waals surface area (Å²) in [6.45, 7) is 4.56. The second-order valence-electron chi connectivity index (χ2n) is 6.08. The number of quaternary nitrogens is 1. The number of amides is 1. The van der Waals surface area contributed by atoms with E-state index < -0.39 is 0 Å². The zero-order chi connectivity index (χ0) is 16.9. The van der Waals surface area contributed by atoms with Crippen molar-refractivity contribution in [1.29, 1.82) is 0 Å². The molecule has 0 atom stereocenters. The topological polar surface area (TPSA) is 34.0 Å². The molecule has 0 bridgehead atoms. The van der Waals surface area contributed by atoms with Gasteiger partial charge in [0, 0.05) is 15.6 Å². The molecule has 126 valence electrons. The lowest BCUT2D eigenvalue weighted by molar-refractivity contribution is -0.917. The van der Waals surface area contributed by atoms with Gasteiger partial charge in [-0.3, -0.25) is 4.79 Å². The molecule has 1 saturated heterocycles. The molecule has 24 heavy (non-hydrogen) atoms. The Balaban J connectivity index is 1.55. The lowest BCUT2D eigenvalue weighted by Gasteiger charge is -2.32. The number of carbonyl (C=O) groups excluding carboxylic acids is 1. The van der Waals surface area contributed by atoms with Crippen LogP contribution in [0.4, 0.5) is 0 Å². The van der Waals surface area contributed by atoms with Crippen molar-refractivity contribution in [2.45, 2.75) is 6.54 Å². The zero-order valence-electron chi connectivity index (χ0n) is 13.8. The van der Waals surface area contributed by atoms with E-state index in [-0.39, 0.29) is 5.91 Å². The molecule has 1 aliphatic rings. The average Bonchev–Trinajstić information content (AvgIpc) is 2.62. The van der Waals surface area contributed by atoms with Gasteiger partial charge in [-0.25, -0.2) is 0 Å². The Labute approximate surface area is 151 Å². The van der Waals surface area contributed by atoms with E-state index >= 15 is 0 Å². The SMILES string of the molecule is COc1ccc(C(=O)N2CC[NH+](Cc3cccc(Br)c3)CC2)cc1. The molecule has 0 unspecified atom stereocenters. The second-order valence-corrected chi connectivity index (χ2v) is 6.99. The number of methoxy groups -OCH3 is 1. The van der Waals surface area contributed by atoms with Crippen molar-refractivity contribution >= 4 is 21.8 Å². The minimum absolute atomic E-state index is 0.110. The lowest BCUT2D eigenvalue weighted by Crippen LogP contribution is -3.13. The van der Waals surface area contributed by atoms with Crippen LogP contribution < -0.4 is 9.64 Å². The highest BCUT2D eigenvalue weighted by Gasteiger charge is 2.24. The summed E-state index contributed by atoms with van der Waals surface area (Å²) in [4.78, 5) is 16.0. The third-order valence-electron chi connectivity index (χ3n) is 4.44. The Bertz CT molecular complexity index is 695. The van der Waals surface area contributed by atoms with Crippen LogP contribution in [0, 0.1) is 0 Å². The molecule has 0 aromatic heterocycles. The third kappa shape index (κ3) is 4.16. The normalized spacial score (nSPS) is 15.3. The van der Waals surface area contributed by atoms with E-state index in [4.69, 9.17) is 4.74 Å². The number of hydrogen-bond donors (Lipinski definition) is 1. The highest BCUT2D eigenvalue weighted by atomic mass is 79.9. The molecule has 0 spiro atoms. The van der Waals surface area contributed by atoms with Crippen molar-refractivity contribution in [2.75, 3.05) is 33.3 Å². The molecule has 1 N–H and O–H groups in total. The molecule has 0 aliphatic carbocycles. The van der Waals surface area contributed by atoms with Crippen molar-refractivity contribution in [3.8, 4) is 5.75 Å². The van der Waals surface area contributed by atoms with Gasteiger partial charge in [0.2, 0.25) is 0 Å². The molecule has 1 aliphatic heterocycles. The van der Waals surface area contributed by atoms with Crippen LogP contribution in [0.2, 0.25) is 0 Å². The summed E-state index contributed by atoms with van der Waals surface area (Å²) < 4.78 is 6.26. The predicted octanol–water partition coefficient (Wildman–Crippen LogP) is 2.00. The molecule has 2 aromatic carbocycles. The fraction of sp³-hybridized carbons (Fsp3) is 0.316. The molecule has 4 nitrogen and oxygen atoms in total. The predicted molar refractivity (Wildman–Crippen MR) is 97.4 cm³/mol. The van der Waals surface area contributed by atoms with E-state index in [1.807, 2.05) is 35.2 Å². The number of nitrogens with one attached hydrogen (secondary N) is 1. The maximum Gasteiger partial charge on any atom is 0.254 e. The molecule has 1 heterocycles. The van der Waals surface area contributed by atoms with Crippen molar-refractivity contribution in [2.24, 2.45) is 0 Å². The van der Waals surface area contributed by atoms with Gasteiger partial charge < -0.3 is 14.5 Å². The number of nitrogens with zero attached hydrogens (tertiary/aromatic N) is 1. The smallest absolute Gasteiger partial charge is 0.254 e. The number of benzene rings is 2. The molecule has 5 heteroatoms. The standard InChI is InChI=1S/C19H21BrN2O2/c1-24-18-7-5-16(6-8-18)19(23)22-11-9-21(10-12-22)14-15-3-2-4-17(20)13-15/h2-8,13H,9-12,14H2,1H3/p+1. The van der Waals surface area contributed by atoms with Gasteiger partial charge in [0.25, 0.3) is 5.91 Å². The number of carbonyl (C=O) groups is 1. The molecule has 2 aromatic rings. The molecule has 3 rings (SSSR count). The Hall–Kier alpha value is -1.85. The summed E-state index contributed by atoms with van der Waals surface area (Å²) in [6.07, 6.45) is 0. The summed E-state index contributed by atoms with van der Waals surface area (Å²) in [7, 11) is 1.63. The summed E-state index contributed by atoms with van der Waals surface area (Å²) in [5.74, 6) is 0.883. The molecule has 0 saturated carbocycles. The van der Waals surface area contributed by atoms with Gasteiger partial charge in [-0.1, -0.05) is 28.1 Å². The molecule has 0 radical (unpaired) electrons. The first-order valence-corrected chi connectivity index (χ1v) is 8.96. The summed E-state index contributed by atoms with van der Waals surface area (Å²) in [6, 6.07) is 15.8. The van der Waals surface area contributed by atoms with Gasteiger partial charge in [-0.05, 0) is 36.4 Å². The van der Waals surface area contributed by atoms with Gasteiger partial charge in [0.05, 0.1) is 33.3 Å². The third-order valence-corrected chi connectivity index (χ3v) is 4.93. The van der Waals surface area contributed by atoms with E-state index in [0.717, 1.165) is 48.5 Å². The van der Waals surface area contributed by atoms with Gasteiger partial charge in [-0.2, -0.15) is 0 Å². The first-order valence-electron chi connectivity index (χ1n) is 8.17. The van der Waals surface area contributed by atoms with Crippen LogP contribution in [0.5, 0.6) is 5.75 Å². The summed E-state index contributed by atoms with van der Waals surface area (Å²) in [5, 5.41) is 0. The highest BCUT2D eigenvalue weighted by Crippen LogP contribution is 2.13. The van der Waals surface area contributed by atoms with Gasteiger partial charge in [0.1, 0.15) is 12.3 Å². The van der Waals surface area contributed by atoms with Crippen LogP contribution in [-0.2, 0) is 6.54 Å². The Morgan fingerprint density at radius 1 is 1.17 bits per heavy atom. The van der Waals surface area contributed by atoms with E-state index in [0.29, 0.717) is 0 Å². The monoisotopic (exact) mass is 389 g/mol. The van der Waals surface area contributed by atoms with Crippen LogP contribution in [0.3, 0.4) is 0 Å². The summed E-state index contributed by atoms with van der Waals surface area (Å²) >= 11 is 3.52. The van der Waals surface area contributed by atoms with Crippen molar-refractivity contribution in [1.82, 2.24) is 4.90 Å². The van der Waals surface area contributed by atoms with E-state index in [1.165, 1.54) is 10.5 Å². The van der Waals surface area contributed by atoms with Crippen LogP contribution in [-0.4, -0.2) is 44.1 Å². The summed E-state index contributed by atoms with van der Waals surface area (Å²) in [5.41, 5.74) is 2.06. The fourth-order valence-corrected chi connectivity index (χ4v) is 3.50. The highest BCUT2D eigenvalue weighted by molar-refractivity contribution is 9.10. The molecule has 1 fully saturated rings. The minimum Gasteiger partial charge on any atom is -0.497 e. The van der Waals surface area contributed by atoms with Crippen molar-refractivity contribution in [3.63, 3.8) is 0 Å². The molecular formula is C19H22BrN2O2+. The zero-order valence-corrected chi connectivity index (χ0v) is 15.4. The van der Waals surface area contributed by atoms with Gasteiger partial charge >= 0.3 is 0 Å². The van der Waals surface area contributed by atoms with E-state index in [1.54, 1.807) is 7.11 Å². The Morgan fingerprint density at radius 3 is 2.50 bits per heavy atom. The maximum absolute atomic E-state index is 12.6. The minimum atomic E-state index is 0.110. The Morgan fingerprint density at radius 2 is 1.88 bits per heavy atom. The quantitative estimate of drug-likeness (QED) is 0.867. The average molecular weight is 390 g/mol. The first kappa shape index (κ1) is 17.0. The number of ether oxygens (including phenoxy) is 1. The first-order chi connectivity index (χ1) is 11.7. The van der Waals surface area contributed by atoms with Crippen LogP contribution in [0.15, 0.2) is 53.0 Å². The van der Waals surface area contributed by atoms with E-state index in [2.05, 4.69) is 34.1 Å². The number of rotatable bonds is 4. The number of halogens is 1. The van der Waals surface area contributed by atoms with Crippen LogP contribution >= 0.6 is 15.9 Å². The van der Waals surface area contributed by atoms with Crippen molar-refractivity contribution < 1.29 is 14.4 Å². The largest absolute Gasteiger partial charge is 0.497 e. The van der Waals surface area contributed by atoms with Crippen LogP contribution in [0.25, 0.3) is 0 Å². The second kappa shape index (κ2) is 7.81. The number of piperazine rings is 1. The molecule has 1 amide bonds. The van der Waals surface area contributed by atoms with E-state index in [9.17, 15) is 4.79 Å². The maximum atomic E-state index is 12.6. The number of hydrogen-bond acceptors (Lipinski definition) is 2. The Kier molecular flexibility index (Phi) is 5.53. The van der Waals surface area contributed by atoms with Gasteiger partial charge in [0.15, 0.2) is 0 Å². The van der Waals surface area contributed by atoms with Crippen LogP contribution in [0.1, 0.15) is 15.9 Å². The lowest BCUT2D eigenvalue weighted by atomic mass is 10.1. The van der Waals surface area contributed by atoms with Gasteiger partial charge in [-0.15, -0.1) is 0 Å².